The minimum Gasteiger partial charge on any atom is -0.505 e. The Labute approximate surface area is 112 Å². The summed E-state index contributed by atoms with van der Waals surface area (Å²) in [6, 6.07) is 10.3. The van der Waals surface area contributed by atoms with Gasteiger partial charge in [0.2, 0.25) is 0 Å². The van der Waals surface area contributed by atoms with E-state index in [2.05, 4.69) is 0 Å². The Morgan fingerprint density at radius 2 is 1.74 bits per heavy atom. The highest BCUT2D eigenvalue weighted by molar-refractivity contribution is 5.68. The third-order valence-corrected chi connectivity index (χ3v) is 2.83. The van der Waals surface area contributed by atoms with Crippen LogP contribution < -0.4 is 4.74 Å². The van der Waals surface area contributed by atoms with Crippen molar-refractivity contribution in [3.8, 4) is 22.6 Å². The Balaban J connectivity index is 2.34. The zero-order valence-corrected chi connectivity index (χ0v) is 11.3. The molecule has 0 heterocycles. The first-order valence-corrected chi connectivity index (χ1v) is 6.23. The van der Waals surface area contributed by atoms with E-state index in [1.807, 2.05) is 45.0 Å². The van der Waals surface area contributed by atoms with Gasteiger partial charge in [0.25, 0.3) is 0 Å². The summed E-state index contributed by atoms with van der Waals surface area (Å²) < 4.78 is 19.0. The molecule has 0 saturated carbocycles. The fraction of sp³-hybridized carbons (Fsp3) is 0.250. The first-order chi connectivity index (χ1) is 8.97. The van der Waals surface area contributed by atoms with E-state index in [4.69, 9.17) is 4.74 Å². The van der Waals surface area contributed by atoms with Crippen LogP contribution in [0.25, 0.3) is 11.1 Å². The van der Waals surface area contributed by atoms with E-state index in [0.717, 1.165) is 22.4 Å². The van der Waals surface area contributed by atoms with Gasteiger partial charge in [-0.15, -0.1) is 0 Å². The van der Waals surface area contributed by atoms with Crippen molar-refractivity contribution in [2.45, 2.75) is 26.9 Å². The van der Waals surface area contributed by atoms with Crippen LogP contribution in [0, 0.1) is 12.7 Å². The molecule has 2 rings (SSSR count). The maximum Gasteiger partial charge on any atom is 0.165 e. The van der Waals surface area contributed by atoms with E-state index in [1.165, 1.54) is 12.1 Å². The largest absolute Gasteiger partial charge is 0.505 e. The predicted octanol–water partition coefficient (Wildman–Crippen LogP) is 4.29. The molecular weight excluding hydrogens is 243 g/mol. The number of benzene rings is 2. The second kappa shape index (κ2) is 5.31. The third-order valence-electron chi connectivity index (χ3n) is 2.83. The van der Waals surface area contributed by atoms with Crippen molar-refractivity contribution in [3.63, 3.8) is 0 Å². The average molecular weight is 260 g/mol. The monoisotopic (exact) mass is 260 g/mol. The molecule has 0 radical (unpaired) electrons. The lowest BCUT2D eigenvalue weighted by Gasteiger charge is -2.11. The van der Waals surface area contributed by atoms with Gasteiger partial charge in [0.15, 0.2) is 11.6 Å². The summed E-state index contributed by atoms with van der Waals surface area (Å²) in [7, 11) is 0. The molecule has 0 bridgehead atoms. The maximum atomic E-state index is 13.4. The molecule has 0 aliphatic heterocycles. The molecule has 3 heteroatoms. The van der Waals surface area contributed by atoms with Crippen LogP contribution in [0.2, 0.25) is 0 Å². The van der Waals surface area contributed by atoms with E-state index < -0.39 is 5.82 Å². The molecule has 0 aromatic heterocycles. The van der Waals surface area contributed by atoms with Gasteiger partial charge in [0, 0.05) is 0 Å². The number of hydrogen-bond acceptors (Lipinski definition) is 2. The molecule has 2 aromatic rings. The van der Waals surface area contributed by atoms with E-state index in [1.54, 1.807) is 0 Å². The maximum absolute atomic E-state index is 13.4. The molecule has 2 aromatic carbocycles. The van der Waals surface area contributed by atoms with Crippen LogP contribution >= 0.6 is 0 Å². The van der Waals surface area contributed by atoms with Crippen molar-refractivity contribution < 1.29 is 14.2 Å². The molecule has 0 atom stereocenters. The Hall–Kier alpha value is -2.03. The molecule has 100 valence electrons. The van der Waals surface area contributed by atoms with Gasteiger partial charge < -0.3 is 9.84 Å². The normalized spacial score (nSPS) is 10.8. The topological polar surface area (TPSA) is 29.5 Å². The number of aromatic hydroxyl groups is 1. The second-order valence-corrected chi connectivity index (χ2v) is 4.81. The van der Waals surface area contributed by atoms with Gasteiger partial charge in [0.1, 0.15) is 5.75 Å². The van der Waals surface area contributed by atoms with Crippen LogP contribution in [0.5, 0.6) is 11.5 Å². The highest BCUT2D eigenvalue weighted by atomic mass is 19.1. The summed E-state index contributed by atoms with van der Waals surface area (Å²) >= 11 is 0. The number of phenols is 1. The quantitative estimate of drug-likeness (QED) is 0.891. The van der Waals surface area contributed by atoms with Crippen LogP contribution in [0.15, 0.2) is 36.4 Å². The molecule has 0 amide bonds. The fourth-order valence-electron chi connectivity index (χ4n) is 1.96. The minimum absolute atomic E-state index is 0.124. The Bertz CT molecular complexity index is 574. The summed E-state index contributed by atoms with van der Waals surface area (Å²) in [4.78, 5) is 0. The molecule has 0 saturated heterocycles. The van der Waals surface area contributed by atoms with Crippen molar-refractivity contribution in [1.82, 2.24) is 0 Å². The highest BCUT2D eigenvalue weighted by Gasteiger charge is 2.08. The summed E-state index contributed by atoms with van der Waals surface area (Å²) in [5.74, 6) is -0.139. The zero-order valence-electron chi connectivity index (χ0n) is 11.3. The average Bonchev–Trinajstić information content (AvgIpc) is 2.34. The predicted molar refractivity (Wildman–Crippen MR) is 74.0 cm³/mol. The molecule has 0 spiro atoms. The van der Waals surface area contributed by atoms with Gasteiger partial charge in [-0.2, -0.15) is 0 Å². The molecular formula is C16H17FO2. The number of aryl methyl sites for hydroxylation is 1. The molecule has 2 nitrogen and oxygen atoms in total. The SMILES string of the molecule is Cc1cc(O)c(F)cc1-c1ccc(OC(C)C)cc1. The summed E-state index contributed by atoms with van der Waals surface area (Å²) in [6.45, 7) is 5.77. The minimum atomic E-state index is -0.608. The number of halogens is 1. The van der Waals surface area contributed by atoms with E-state index in [9.17, 15) is 9.50 Å². The first-order valence-electron chi connectivity index (χ1n) is 6.23. The van der Waals surface area contributed by atoms with Crippen molar-refractivity contribution >= 4 is 0 Å². The van der Waals surface area contributed by atoms with Crippen molar-refractivity contribution in [3.05, 3.63) is 47.8 Å². The lowest BCUT2D eigenvalue weighted by molar-refractivity contribution is 0.242. The Kier molecular flexibility index (Phi) is 3.74. The van der Waals surface area contributed by atoms with E-state index >= 15 is 0 Å². The summed E-state index contributed by atoms with van der Waals surface area (Å²) in [6.07, 6.45) is 0.124. The number of rotatable bonds is 3. The summed E-state index contributed by atoms with van der Waals surface area (Å²) in [5.41, 5.74) is 2.50. The van der Waals surface area contributed by atoms with Gasteiger partial charge >= 0.3 is 0 Å². The van der Waals surface area contributed by atoms with Gasteiger partial charge in [-0.25, -0.2) is 4.39 Å². The Morgan fingerprint density at radius 1 is 1.11 bits per heavy atom. The van der Waals surface area contributed by atoms with Crippen LogP contribution in [-0.2, 0) is 0 Å². The second-order valence-electron chi connectivity index (χ2n) is 4.81. The Morgan fingerprint density at radius 3 is 2.32 bits per heavy atom. The number of ether oxygens (including phenoxy) is 1. The first kappa shape index (κ1) is 13.4. The molecule has 0 fully saturated rings. The number of hydrogen-bond donors (Lipinski definition) is 1. The highest BCUT2D eigenvalue weighted by Crippen LogP contribution is 2.30. The fourth-order valence-corrected chi connectivity index (χ4v) is 1.96. The van der Waals surface area contributed by atoms with Gasteiger partial charge in [-0.1, -0.05) is 12.1 Å². The lowest BCUT2D eigenvalue weighted by atomic mass is 10.00. The van der Waals surface area contributed by atoms with E-state index in [0.29, 0.717) is 0 Å². The standard InChI is InChI=1S/C16H17FO2/c1-10(2)19-13-6-4-12(5-7-13)14-9-15(17)16(18)8-11(14)3/h4-10,18H,1-3H3. The van der Waals surface area contributed by atoms with Crippen molar-refractivity contribution in [1.29, 1.82) is 0 Å². The van der Waals surface area contributed by atoms with Gasteiger partial charge in [-0.05, 0) is 61.7 Å². The molecule has 1 N–H and O–H groups in total. The van der Waals surface area contributed by atoms with Crippen LogP contribution in [0.4, 0.5) is 4.39 Å². The van der Waals surface area contributed by atoms with E-state index in [-0.39, 0.29) is 11.9 Å². The van der Waals surface area contributed by atoms with Crippen molar-refractivity contribution in [2.24, 2.45) is 0 Å². The summed E-state index contributed by atoms with van der Waals surface area (Å²) in [5, 5.41) is 9.32. The van der Waals surface area contributed by atoms with Crippen molar-refractivity contribution in [2.75, 3.05) is 0 Å². The molecule has 0 aliphatic rings. The lowest BCUT2D eigenvalue weighted by Crippen LogP contribution is -2.05. The number of phenolic OH excluding ortho intramolecular Hbond substituents is 1. The van der Waals surface area contributed by atoms with Crippen LogP contribution in [-0.4, -0.2) is 11.2 Å². The molecule has 19 heavy (non-hydrogen) atoms. The van der Waals surface area contributed by atoms with Crippen LogP contribution in [0.1, 0.15) is 19.4 Å². The molecule has 0 unspecified atom stereocenters. The molecule has 0 aliphatic carbocycles. The van der Waals surface area contributed by atoms with Gasteiger partial charge in [-0.3, -0.25) is 0 Å². The third kappa shape index (κ3) is 3.05. The van der Waals surface area contributed by atoms with Crippen LogP contribution in [0.3, 0.4) is 0 Å². The zero-order chi connectivity index (χ0) is 14.0. The smallest absolute Gasteiger partial charge is 0.165 e. The van der Waals surface area contributed by atoms with Gasteiger partial charge in [0.05, 0.1) is 6.10 Å².